The van der Waals surface area contributed by atoms with Crippen molar-refractivity contribution in [3.8, 4) is 12.3 Å². The third-order valence-corrected chi connectivity index (χ3v) is 7.26. The van der Waals surface area contributed by atoms with Crippen molar-refractivity contribution in [3.05, 3.63) is 0 Å². The summed E-state index contributed by atoms with van der Waals surface area (Å²) < 4.78 is 46.8. The first-order valence-electron chi connectivity index (χ1n) is 4.52. The second-order valence-electron chi connectivity index (χ2n) is 3.53. The Balaban J connectivity index is 2.94. The van der Waals surface area contributed by atoms with Crippen LogP contribution in [0.15, 0.2) is 0 Å². The van der Waals surface area contributed by atoms with E-state index in [1.165, 1.54) is 0 Å². The van der Waals surface area contributed by atoms with E-state index >= 15 is 0 Å². The molecule has 0 amide bonds. The molecule has 1 atom stereocenters. The zero-order valence-corrected chi connectivity index (χ0v) is 11.7. The summed E-state index contributed by atoms with van der Waals surface area (Å²) >= 11 is 2.87. The smallest absolute Gasteiger partial charge is 0.225 e. The Morgan fingerprint density at radius 3 is 2.50 bits per heavy atom. The van der Waals surface area contributed by atoms with Crippen molar-refractivity contribution in [1.82, 2.24) is 4.31 Å². The van der Waals surface area contributed by atoms with Gasteiger partial charge in [-0.15, -0.1) is 6.42 Å². The number of nitrogens with zero attached hydrogens (tertiary/aromatic N) is 1. The molecule has 0 aromatic carbocycles. The molecular weight excluding hydrogens is 318 g/mol. The van der Waals surface area contributed by atoms with E-state index < -0.39 is 25.9 Å². The van der Waals surface area contributed by atoms with E-state index in [0.29, 0.717) is 6.42 Å². The van der Waals surface area contributed by atoms with Crippen LogP contribution in [0, 0.1) is 12.3 Å². The Kier molecular flexibility index (Phi) is 4.40. The average Bonchev–Trinajstić information content (AvgIpc) is 2.54. The molecule has 1 aliphatic rings. The maximum atomic E-state index is 11.7. The fraction of sp³-hybridized carbons (Fsp3) is 0.750. The number of rotatable bonds is 4. The summed E-state index contributed by atoms with van der Waals surface area (Å²) in [7, 11) is -6.63. The van der Waals surface area contributed by atoms with Gasteiger partial charge in [0.2, 0.25) is 10.0 Å². The fourth-order valence-corrected chi connectivity index (χ4v) is 5.25. The van der Waals surface area contributed by atoms with Gasteiger partial charge in [-0.25, -0.2) is 16.8 Å². The minimum absolute atomic E-state index is 0.0243. The molecule has 8 heteroatoms. The Morgan fingerprint density at radius 1 is 1.50 bits per heavy atom. The largest absolute Gasteiger partial charge is 0.229 e. The van der Waals surface area contributed by atoms with Crippen LogP contribution < -0.4 is 0 Å². The normalized spacial score (nSPS) is 24.4. The third-order valence-electron chi connectivity index (χ3n) is 2.36. The number of terminal acetylenes is 1. The standard InChI is InChI=1S/C8H12BrNO4S2/c1-2-4-10(16(13,14)7-9)8-3-5-15(11,12)6-8/h1,8H,3-7H2. The number of sulfonamides is 1. The monoisotopic (exact) mass is 329 g/mol. The van der Waals surface area contributed by atoms with Gasteiger partial charge in [-0.2, -0.15) is 4.31 Å². The SMILES string of the molecule is C#CCN(C1CCS(=O)(=O)C1)S(=O)(=O)CBr. The van der Waals surface area contributed by atoms with Gasteiger partial charge in [-0.05, 0) is 6.42 Å². The summed E-state index contributed by atoms with van der Waals surface area (Å²) in [5, 5.41) is 0. The quantitative estimate of drug-likeness (QED) is 0.528. The molecule has 1 rings (SSSR count). The van der Waals surface area contributed by atoms with Crippen LogP contribution in [0.5, 0.6) is 0 Å². The molecular formula is C8H12BrNO4S2. The van der Waals surface area contributed by atoms with Crippen LogP contribution >= 0.6 is 15.9 Å². The van der Waals surface area contributed by atoms with Crippen molar-refractivity contribution in [3.63, 3.8) is 0 Å². The van der Waals surface area contributed by atoms with E-state index in [4.69, 9.17) is 6.42 Å². The molecule has 16 heavy (non-hydrogen) atoms. The third kappa shape index (κ3) is 3.20. The lowest BCUT2D eigenvalue weighted by Gasteiger charge is -2.24. The van der Waals surface area contributed by atoms with E-state index in [1.54, 1.807) is 0 Å². The van der Waals surface area contributed by atoms with E-state index in [0.717, 1.165) is 4.31 Å². The summed E-state index contributed by atoms with van der Waals surface area (Å²) in [4.78, 5) is 0. The Bertz CT molecular complexity index is 491. The van der Waals surface area contributed by atoms with Gasteiger partial charge < -0.3 is 0 Å². The molecule has 0 spiro atoms. The minimum Gasteiger partial charge on any atom is -0.229 e. The topological polar surface area (TPSA) is 71.5 Å². The van der Waals surface area contributed by atoms with Gasteiger partial charge in [0.15, 0.2) is 9.84 Å². The number of halogens is 1. The first-order valence-corrected chi connectivity index (χ1v) is 9.07. The molecule has 0 aliphatic carbocycles. The molecule has 1 saturated heterocycles. The predicted molar refractivity (Wildman–Crippen MR) is 65.3 cm³/mol. The Hall–Kier alpha value is -0.100. The van der Waals surface area contributed by atoms with Gasteiger partial charge >= 0.3 is 0 Å². The van der Waals surface area contributed by atoms with Gasteiger partial charge in [0.25, 0.3) is 0 Å². The molecule has 0 bridgehead atoms. The maximum absolute atomic E-state index is 11.7. The second-order valence-corrected chi connectivity index (χ2v) is 8.98. The summed E-state index contributed by atoms with van der Waals surface area (Å²) in [5.41, 5.74) is 0. The summed E-state index contributed by atoms with van der Waals surface area (Å²) in [5.74, 6) is 2.13. The fourth-order valence-electron chi connectivity index (χ4n) is 1.61. The van der Waals surface area contributed by atoms with Crippen molar-refractivity contribution in [2.75, 3.05) is 22.7 Å². The molecule has 1 aliphatic heterocycles. The van der Waals surface area contributed by atoms with Crippen LogP contribution in [0.3, 0.4) is 0 Å². The molecule has 1 unspecified atom stereocenters. The highest BCUT2D eigenvalue weighted by atomic mass is 79.9. The zero-order valence-electron chi connectivity index (χ0n) is 8.46. The zero-order chi connectivity index (χ0) is 12.4. The van der Waals surface area contributed by atoms with Gasteiger partial charge in [-0.1, -0.05) is 21.9 Å². The van der Waals surface area contributed by atoms with Gasteiger partial charge in [0, 0.05) is 6.04 Å². The van der Waals surface area contributed by atoms with Crippen LogP contribution in [0.2, 0.25) is 0 Å². The van der Waals surface area contributed by atoms with Crippen LogP contribution in [0.25, 0.3) is 0 Å². The van der Waals surface area contributed by atoms with Gasteiger partial charge in [0.1, 0.15) is 4.66 Å². The molecule has 0 aromatic rings. The van der Waals surface area contributed by atoms with Crippen molar-refractivity contribution < 1.29 is 16.8 Å². The number of hydrogen-bond acceptors (Lipinski definition) is 4. The number of hydrogen-bond donors (Lipinski definition) is 0. The minimum atomic E-state index is -3.51. The molecule has 1 fully saturated rings. The summed E-state index contributed by atoms with van der Waals surface area (Å²) in [6, 6.07) is -0.524. The Labute approximate surface area is 104 Å². The predicted octanol–water partition coefficient (Wildman–Crippen LogP) is -0.209. The van der Waals surface area contributed by atoms with Crippen LogP contribution in [0.4, 0.5) is 0 Å². The highest BCUT2D eigenvalue weighted by Gasteiger charge is 2.37. The van der Waals surface area contributed by atoms with E-state index in [2.05, 4.69) is 21.9 Å². The van der Waals surface area contributed by atoms with Crippen molar-refractivity contribution >= 4 is 35.8 Å². The van der Waals surface area contributed by atoms with Crippen molar-refractivity contribution in [2.24, 2.45) is 0 Å². The van der Waals surface area contributed by atoms with Crippen molar-refractivity contribution in [1.29, 1.82) is 0 Å². The lowest BCUT2D eigenvalue weighted by molar-refractivity contribution is 0.374. The number of alkyl halides is 1. The first kappa shape index (κ1) is 14.0. The lowest BCUT2D eigenvalue weighted by atomic mass is 10.3. The molecule has 5 nitrogen and oxygen atoms in total. The molecule has 0 saturated carbocycles. The summed E-state index contributed by atoms with van der Waals surface area (Å²) in [6.45, 7) is -0.0892. The first-order chi connectivity index (χ1) is 7.32. The molecule has 1 heterocycles. The van der Waals surface area contributed by atoms with Crippen LogP contribution in [-0.2, 0) is 19.9 Å². The highest BCUT2D eigenvalue weighted by Crippen LogP contribution is 2.21. The van der Waals surface area contributed by atoms with Crippen LogP contribution in [-0.4, -0.2) is 49.9 Å². The molecule has 0 radical (unpaired) electrons. The molecule has 0 N–H and O–H groups in total. The molecule has 0 aromatic heterocycles. The van der Waals surface area contributed by atoms with E-state index in [-0.39, 0.29) is 22.7 Å². The molecule has 92 valence electrons. The summed E-state index contributed by atoms with van der Waals surface area (Å²) in [6.07, 6.45) is 5.41. The highest BCUT2D eigenvalue weighted by molar-refractivity contribution is 9.10. The average molecular weight is 330 g/mol. The van der Waals surface area contributed by atoms with Gasteiger partial charge in [-0.3, -0.25) is 0 Å². The van der Waals surface area contributed by atoms with Crippen molar-refractivity contribution in [2.45, 2.75) is 12.5 Å². The second kappa shape index (κ2) is 5.04. The maximum Gasteiger partial charge on any atom is 0.225 e. The lowest BCUT2D eigenvalue weighted by Crippen LogP contribution is -2.41. The van der Waals surface area contributed by atoms with Crippen LogP contribution in [0.1, 0.15) is 6.42 Å². The Morgan fingerprint density at radius 2 is 2.12 bits per heavy atom. The van der Waals surface area contributed by atoms with E-state index in [1.807, 2.05) is 0 Å². The van der Waals surface area contributed by atoms with E-state index in [9.17, 15) is 16.8 Å². The number of sulfone groups is 1. The van der Waals surface area contributed by atoms with Gasteiger partial charge in [0.05, 0.1) is 18.1 Å².